The third-order valence-electron chi connectivity index (χ3n) is 1.29. The molecule has 0 saturated carbocycles. The summed E-state index contributed by atoms with van der Waals surface area (Å²) < 4.78 is 0.0531. The van der Waals surface area contributed by atoms with Gasteiger partial charge in [0.15, 0.2) is 5.56 Å². The fraction of sp³-hybridized carbons (Fsp3) is 0. The molecule has 0 aliphatic carbocycles. The number of aromatic nitrogens is 1. The molecule has 0 spiro atoms. The topological polar surface area (TPSA) is 93.3 Å². The van der Waals surface area contributed by atoms with Gasteiger partial charge in [0.2, 0.25) is 0 Å². The molecule has 6 nitrogen and oxygen atoms in total. The van der Waals surface area contributed by atoms with Crippen molar-refractivity contribution in [2.24, 2.45) is 0 Å². The molecule has 0 fully saturated rings. The Balaban J connectivity index is 3.43. The van der Waals surface area contributed by atoms with Gasteiger partial charge in [-0.1, -0.05) is 0 Å². The minimum absolute atomic E-state index is 0.0531. The number of halogens is 1. The lowest BCUT2D eigenvalue weighted by atomic mass is 10.2. The second-order valence-corrected chi connectivity index (χ2v) is 2.93. The van der Waals surface area contributed by atoms with Gasteiger partial charge in [0, 0.05) is 12.4 Å². The first-order valence-corrected chi connectivity index (χ1v) is 3.84. The van der Waals surface area contributed by atoms with Crippen LogP contribution in [0.2, 0.25) is 0 Å². The summed E-state index contributed by atoms with van der Waals surface area (Å²) in [5.74, 6) is -1.37. The third-order valence-corrected chi connectivity index (χ3v) is 1.87. The molecule has 68 valence electrons. The zero-order chi connectivity index (χ0) is 10.0. The largest absolute Gasteiger partial charge is 0.477 e. The van der Waals surface area contributed by atoms with Gasteiger partial charge in [-0.2, -0.15) is 0 Å². The summed E-state index contributed by atoms with van der Waals surface area (Å²) in [6, 6.07) is 0. The Morgan fingerprint density at radius 1 is 1.62 bits per heavy atom. The fourth-order valence-electron chi connectivity index (χ4n) is 0.770. The number of aromatic carboxylic acids is 1. The Bertz CT molecular complexity index is 379. The van der Waals surface area contributed by atoms with Crippen LogP contribution in [-0.4, -0.2) is 21.0 Å². The van der Waals surface area contributed by atoms with Crippen molar-refractivity contribution >= 4 is 27.6 Å². The molecule has 1 rings (SSSR count). The molecule has 0 saturated heterocycles. The summed E-state index contributed by atoms with van der Waals surface area (Å²) in [4.78, 5) is 23.7. The van der Waals surface area contributed by atoms with Crippen molar-refractivity contribution < 1.29 is 14.8 Å². The number of carboxylic acids is 1. The van der Waals surface area contributed by atoms with E-state index in [4.69, 9.17) is 5.11 Å². The molecule has 0 bridgehead atoms. The molecule has 0 unspecified atom stereocenters. The van der Waals surface area contributed by atoms with Crippen LogP contribution in [0.3, 0.4) is 0 Å². The van der Waals surface area contributed by atoms with Crippen molar-refractivity contribution in [1.29, 1.82) is 0 Å². The average molecular weight is 247 g/mol. The SMILES string of the molecule is O=C(O)c1cncc(Br)c1[N+](=O)[O-]. The van der Waals surface area contributed by atoms with E-state index in [9.17, 15) is 14.9 Å². The second kappa shape index (κ2) is 3.48. The number of carbonyl (C=O) groups is 1. The fourth-order valence-corrected chi connectivity index (χ4v) is 1.25. The van der Waals surface area contributed by atoms with E-state index in [1.165, 1.54) is 6.20 Å². The van der Waals surface area contributed by atoms with Crippen LogP contribution in [0.15, 0.2) is 16.9 Å². The molecule has 1 heterocycles. The number of rotatable bonds is 2. The zero-order valence-electron chi connectivity index (χ0n) is 6.10. The summed E-state index contributed by atoms with van der Waals surface area (Å²) >= 11 is 2.85. The minimum atomic E-state index is -1.37. The van der Waals surface area contributed by atoms with Gasteiger partial charge in [-0.3, -0.25) is 15.1 Å². The molecule has 7 heteroatoms. The van der Waals surface area contributed by atoms with Gasteiger partial charge < -0.3 is 5.11 Å². The van der Waals surface area contributed by atoms with Crippen molar-refractivity contribution in [1.82, 2.24) is 4.98 Å². The molecule has 0 aromatic carbocycles. The highest BCUT2D eigenvalue weighted by molar-refractivity contribution is 9.10. The van der Waals surface area contributed by atoms with Gasteiger partial charge in [-0.05, 0) is 15.9 Å². The van der Waals surface area contributed by atoms with E-state index in [1.807, 2.05) is 0 Å². The highest BCUT2D eigenvalue weighted by Crippen LogP contribution is 2.27. The molecule has 0 amide bonds. The van der Waals surface area contributed by atoms with Crippen molar-refractivity contribution in [3.05, 3.63) is 32.5 Å². The van der Waals surface area contributed by atoms with Crippen LogP contribution in [0.5, 0.6) is 0 Å². The Labute approximate surface area is 80.5 Å². The van der Waals surface area contributed by atoms with Crippen LogP contribution in [0.1, 0.15) is 10.4 Å². The Morgan fingerprint density at radius 3 is 2.62 bits per heavy atom. The molecule has 1 aromatic heterocycles. The maximum Gasteiger partial charge on any atom is 0.344 e. The lowest BCUT2D eigenvalue weighted by Gasteiger charge is -1.97. The molecule has 0 aliphatic heterocycles. The number of nitro groups is 1. The Hall–Kier alpha value is -1.50. The smallest absolute Gasteiger partial charge is 0.344 e. The summed E-state index contributed by atoms with van der Waals surface area (Å²) in [6.07, 6.45) is 2.11. The number of nitrogens with zero attached hydrogens (tertiary/aromatic N) is 2. The molecule has 0 radical (unpaired) electrons. The molecule has 0 atom stereocenters. The average Bonchev–Trinajstić information content (AvgIpc) is 2.02. The van der Waals surface area contributed by atoms with Crippen molar-refractivity contribution in [2.75, 3.05) is 0 Å². The lowest BCUT2D eigenvalue weighted by molar-refractivity contribution is -0.386. The van der Waals surface area contributed by atoms with Gasteiger partial charge in [-0.15, -0.1) is 0 Å². The normalized spacial score (nSPS) is 9.62. The van der Waals surface area contributed by atoms with Gasteiger partial charge in [0.1, 0.15) is 4.47 Å². The second-order valence-electron chi connectivity index (χ2n) is 2.08. The van der Waals surface area contributed by atoms with Gasteiger partial charge in [0.25, 0.3) is 0 Å². The van der Waals surface area contributed by atoms with Gasteiger partial charge >= 0.3 is 11.7 Å². The van der Waals surface area contributed by atoms with Crippen LogP contribution in [0, 0.1) is 10.1 Å². The van der Waals surface area contributed by atoms with Crippen LogP contribution < -0.4 is 0 Å². The predicted octanol–water partition coefficient (Wildman–Crippen LogP) is 1.45. The van der Waals surface area contributed by atoms with Crippen molar-refractivity contribution in [2.45, 2.75) is 0 Å². The van der Waals surface area contributed by atoms with E-state index >= 15 is 0 Å². The first-order valence-electron chi connectivity index (χ1n) is 3.05. The lowest BCUT2D eigenvalue weighted by Crippen LogP contribution is -2.03. The monoisotopic (exact) mass is 246 g/mol. The van der Waals surface area contributed by atoms with Crippen LogP contribution >= 0.6 is 15.9 Å². The van der Waals surface area contributed by atoms with Crippen LogP contribution in [0.4, 0.5) is 5.69 Å². The van der Waals surface area contributed by atoms with Crippen molar-refractivity contribution in [3.63, 3.8) is 0 Å². The summed E-state index contributed by atoms with van der Waals surface area (Å²) in [5, 5.41) is 19.0. The molecule has 0 aliphatic rings. The summed E-state index contributed by atoms with van der Waals surface area (Å²) in [5.41, 5.74) is -0.915. The van der Waals surface area contributed by atoms with Gasteiger partial charge in [-0.25, -0.2) is 4.79 Å². The molecule has 13 heavy (non-hydrogen) atoms. The Morgan fingerprint density at radius 2 is 2.23 bits per heavy atom. The van der Waals surface area contributed by atoms with E-state index in [2.05, 4.69) is 20.9 Å². The van der Waals surface area contributed by atoms with Crippen molar-refractivity contribution in [3.8, 4) is 0 Å². The summed E-state index contributed by atoms with van der Waals surface area (Å²) in [6.45, 7) is 0. The minimum Gasteiger partial charge on any atom is -0.477 e. The molecule has 1 aromatic rings. The van der Waals surface area contributed by atoms with Crippen LogP contribution in [0.25, 0.3) is 0 Å². The zero-order valence-corrected chi connectivity index (χ0v) is 7.69. The number of hydrogen-bond donors (Lipinski definition) is 1. The summed E-state index contributed by atoms with van der Waals surface area (Å²) in [7, 11) is 0. The number of hydrogen-bond acceptors (Lipinski definition) is 4. The van der Waals surface area contributed by atoms with Gasteiger partial charge in [0.05, 0.1) is 4.92 Å². The maximum absolute atomic E-state index is 10.5. The van der Waals surface area contributed by atoms with E-state index in [0.29, 0.717) is 0 Å². The maximum atomic E-state index is 10.5. The van der Waals surface area contributed by atoms with Crippen LogP contribution in [-0.2, 0) is 0 Å². The van der Waals surface area contributed by atoms with E-state index < -0.39 is 22.1 Å². The highest BCUT2D eigenvalue weighted by Gasteiger charge is 2.23. The number of pyridine rings is 1. The molecular weight excluding hydrogens is 244 g/mol. The third kappa shape index (κ3) is 1.81. The van der Waals surface area contributed by atoms with E-state index in [0.717, 1.165) is 6.20 Å². The first-order chi connectivity index (χ1) is 6.04. The Kier molecular flexibility index (Phi) is 2.57. The van der Waals surface area contributed by atoms with E-state index in [-0.39, 0.29) is 4.47 Å². The predicted molar refractivity (Wildman–Crippen MR) is 45.6 cm³/mol. The highest BCUT2D eigenvalue weighted by atomic mass is 79.9. The molecular formula is C6H3BrN2O4. The quantitative estimate of drug-likeness (QED) is 0.630. The first kappa shape index (κ1) is 9.59. The standard InChI is InChI=1S/C6H3BrN2O4/c7-4-2-8-1-3(6(10)11)5(4)9(12)13/h1-2H,(H,10,11). The molecule has 1 N–H and O–H groups in total. The van der Waals surface area contributed by atoms with E-state index in [1.54, 1.807) is 0 Å². The number of carboxylic acid groups (broad SMARTS) is 1.